The zero-order valence-electron chi connectivity index (χ0n) is 12.5. The zero-order valence-corrected chi connectivity index (χ0v) is 12.5. The first-order valence-corrected chi connectivity index (χ1v) is 8.81. The standard InChI is InChI=1S/C17H28N2O/c20-17(18-8-12-4-2-1-3-5-12)16-14-10-19(11-15(14)16)9-13-6-7-13/h12-16H,1-11H2,(H,18,20). The molecule has 1 saturated heterocycles. The van der Waals surface area contributed by atoms with Crippen LogP contribution in [-0.2, 0) is 4.79 Å². The van der Waals surface area contributed by atoms with Crippen molar-refractivity contribution >= 4 is 5.91 Å². The first-order valence-electron chi connectivity index (χ1n) is 8.81. The van der Waals surface area contributed by atoms with Crippen LogP contribution in [0.2, 0.25) is 0 Å². The summed E-state index contributed by atoms with van der Waals surface area (Å²) < 4.78 is 0. The summed E-state index contributed by atoms with van der Waals surface area (Å²) in [6, 6.07) is 0. The molecule has 0 spiro atoms. The molecule has 2 atom stereocenters. The van der Waals surface area contributed by atoms with E-state index in [1.165, 1.54) is 64.6 Å². The first-order chi connectivity index (χ1) is 9.81. The summed E-state index contributed by atoms with van der Waals surface area (Å²) in [5.74, 6) is 3.88. The molecule has 112 valence electrons. The SMILES string of the molecule is O=C(NCC1CCCCC1)C1C2CN(CC3CC3)CC21. The lowest BCUT2D eigenvalue weighted by molar-refractivity contribution is -0.123. The molecule has 1 heterocycles. The maximum absolute atomic E-state index is 12.3. The van der Waals surface area contributed by atoms with Crippen molar-refractivity contribution in [2.75, 3.05) is 26.2 Å². The second-order valence-corrected chi connectivity index (χ2v) is 7.76. The van der Waals surface area contributed by atoms with Crippen molar-refractivity contribution in [1.29, 1.82) is 0 Å². The van der Waals surface area contributed by atoms with Gasteiger partial charge in [-0.25, -0.2) is 0 Å². The predicted octanol–water partition coefficient (Wildman–Crippen LogP) is 2.27. The predicted molar refractivity (Wildman–Crippen MR) is 79.2 cm³/mol. The summed E-state index contributed by atoms with van der Waals surface area (Å²) in [5.41, 5.74) is 0. The van der Waals surface area contributed by atoms with Crippen molar-refractivity contribution in [3.05, 3.63) is 0 Å². The topological polar surface area (TPSA) is 32.3 Å². The molecule has 0 bridgehead atoms. The number of hydrogen-bond donors (Lipinski definition) is 1. The third kappa shape index (κ3) is 2.74. The summed E-state index contributed by atoms with van der Waals surface area (Å²) in [5, 5.41) is 3.25. The van der Waals surface area contributed by atoms with Crippen LogP contribution in [0.15, 0.2) is 0 Å². The summed E-state index contributed by atoms with van der Waals surface area (Å²) in [7, 11) is 0. The van der Waals surface area contributed by atoms with Gasteiger partial charge in [0.15, 0.2) is 0 Å². The molecule has 2 unspecified atom stereocenters. The highest BCUT2D eigenvalue weighted by atomic mass is 16.2. The smallest absolute Gasteiger partial charge is 0.223 e. The fourth-order valence-corrected chi connectivity index (χ4v) is 4.57. The monoisotopic (exact) mass is 276 g/mol. The molecule has 0 aromatic heterocycles. The summed E-state index contributed by atoms with van der Waals surface area (Å²) >= 11 is 0. The number of rotatable bonds is 5. The number of nitrogens with one attached hydrogen (secondary N) is 1. The Morgan fingerprint density at radius 2 is 1.65 bits per heavy atom. The maximum atomic E-state index is 12.3. The second kappa shape index (κ2) is 5.32. The number of likely N-dealkylation sites (tertiary alicyclic amines) is 1. The lowest BCUT2D eigenvalue weighted by Crippen LogP contribution is -2.35. The Bertz CT molecular complexity index is 361. The van der Waals surface area contributed by atoms with Gasteiger partial charge in [0.05, 0.1) is 0 Å². The summed E-state index contributed by atoms with van der Waals surface area (Å²) in [4.78, 5) is 14.9. The van der Waals surface area contributed by atoms with Crippen LogP contribution in [0, 0.1) is 29.6 Å². The number of nitrogens with zero attached hydrogens (tertiary/aromatic N) is 1. The number of carbonyl (C=O) groups is 1. The second-order valence-electron chi connectivity index (χ2n) is 7.76. The van der Waals surface area contributed by atoms with Crippen molar-refractivity contribution in [3.63, 3.8) is 0 Å². The highest BCUT2D eigenvalue weighted by Crippen LogP contribution is 2.52. The fraction of sp³-hybridized carbons (Fsp3) is 0.941. The fourth-order valence-electron chi connectivity index (χ4n) is 4.57. The Balaban J connectivity index is 1.18. The van der Waals surface area contributed by atoms with Gasteiger partial charge in [-0.3, -0.25) is 4.79 Å². The van der Waals surface area contributed by atoms with Gasteiger partial charge in [-0.2, -0.15) is 0 Å². The first kappa shape index (κ1) is 13.1. The van der Waals surface area contributed by atoms with Gasteiger partial charge in [0, 0.05) is 32.1 Å². The minimum Gasteiger partial charge on any atom is -0.356 e. The van der Waals surface area contributed by atoms with Crippen molar-refractivity contribution in [2.24, 2.45) is 29.6 Å². The van der Waals surface area contributed by atoms with Crippen LogP contribution in [0.3, 0.4) is 0 Å². The Kier molecular flexibility index (Phi) is 3.49. The minimum atomic E-state index is 0.369. The molecule has 3 aliphatic carbocycles. The maximum Gasteiger partial charge on any atom is 0.223 e. The van der Waals surface area contributed by atoms with E-state index < -0.39 is 0 Å². The van der Waals surface area contributed by atoms with Gasteiger partial charge in [0.1, 0.15) is 0 Å². The van der Waals surface area contributed by atoms with E-state index in [2.05, 4.69) is 10.2 Å². The Hall–Kier alpha value is -0.570. The normalized spacial score (nSPS) is 37.7. The number of carbonyl (C=O) groups excluding carboxylic acids is 1. The van der Waals surface area contributed by atoms with Gasteiger partial charge < -0.3 is 10.2 Å². The van der Waals surface area contributed by atoms with E-state index in [9.17, 15) is 4.79 Å². The van der Waals surface area contributed by atoms with Gasteiger partial charge >= 0.3 is 0 Å². The minimum absolute atomic E-state index is 0.369. The lowest BCUT2D eigenvalue weighted by Gasteiger charge is -2.22. The average Bonchev–Trinajstić information content (AvgIpc) is 3.36. The molecule has 4 fully saturated rings. The van der Waals surface area contributed by atoms with Crippen LogP contribution in [0.1, 0.15) is 44.9 Å². The highest BCUT2D eigenvalue weighted by Gasteiger charge is 2.59. The van der Waals surface area contributed by atoms with Crippen molar-refractivity contribution in [3.8, 4) is 0 Å². The van der Waals surface area contributed by atoms with E-state index in [4.69, 9.17) is 0 Å². The molecule has 4 rings (SSSR count). The molecule has 1 amide bonds. The van der Waals surface area contributed by atoms with E-state index in [1.54, 1.807) is 0 Å². The van der Waals surface area contributed by atoms with E-state index >= 15 is 0 Å². The molecule has 0 aromatic rings. The quantitative estimate of drug-likeness (QED) is 0.835. The molecule has 0 aromatic carbocycles. The van der Waals surface area contributed by atoms with E-state index in [0.29, 0.717) is 23.7 Å². The number of piperidine rings is 1. The van der Waals surface area contributed by atoms with Crippen LogP contribution in [-0.4, -0.2) is 37.0 Å². The van der Waals surface area contributed by atoms with Crippen molar-refractivity contribution < 1.29 is 4.79 Å². The molecular formula is C17H28N2O. The Labute approximate surface area is 122 Å². The molecule has 4 aliphatic rings. The zero-order chi connectivity index (χ0) is 13.5. The average molecular weight is 276 g/mol. The van der Waals surface area contributed by atoms with Crippen LogP contribution in [0.4, 0.5) is 0 Å². The number of fused-ring (bicyclic) bond motifs is 1. The van der Waals surface area contributed by atoms with Gasteiger partial charge in [-0.1, -0.05) is 19.3 Å². The number of hydrogen-bond acceptors (Lipinski definition) is 2. The van der Waals surface area contributed by atoms with E-state index in [-0.39, 0.29) is 0 Å². The highest BCUT2D eigenvalue weighted by molar-refractivity contribution is 5.82. The van der Waals surface area contributed by atoms with E-state index in [1.807, 2.05) is 0 Å². The molecule has 20 heavy (non-hydrogen) atoms. The van der Waals surface area contributed by atoms with Crippen LogP contribution in [0.5, 0.6) is 0 Å². The van der Waals surface area contributed by atoms with Gasteiger partial charge in [-0.05, 0) is 49.4 Å². The molecule has 3 heteroatoms. The number of amides is 1. The lowest BCUT2D eigenvalue weighted by atomic mass is 9.89. The summed E-state index contributed by atoms with van der Waals surface area (Å²) in [6.07, 6.45) is 9.67. The van der Waals surface area contributed by atoms with Gasteiger partial charge in [0.2, 0.25) is 5.91 Å². The molecule has 3 nitrogen and oxygen atoms in total. The van der Waals surface area contributed by atoms with Crippen molar-refractivity contribution in [2.45, 2.75) is 44.9 Å². The van der Waals surface area contributed by atoms with Crippen LogP contribution in [0.25, 0.3) is 0 Å². The van der Waals surface area contributed by atoms with Crippen LogP contribution < -0.4 is 5.32 Å². The van der Waals surface area contributed by atoms with Gasteiger partial charge in [-0.15, -0.1) is 0 Å². The Morgan fingerprint density at radius 1 is 0.950 bits per heavy atom. The summed E-state index contributed by atoms with van der Waals surface area (Å²) in [6.45, 7) is 4.65. The molecular weight excluding hydrogens is 248 g/mol. The van der Waals surface area contributed by atoms with Crippen molar-refractivity contribution in [1.82, 2.24) is 10.2 Å². The molecule has 3 saturated carbocycles. The third-order valence-corrected chi connectivity index (χ3v) is 6.08. The third-order valence-electron chi connectivity index (χ3n) is 6.08. The van der Waals surface area contributed by atoms with E-state index in [0.717, 1.165) is 18.4 Å². The van der Waals surface area contributed by atoms with Crippen LogP contribution >= 0.6 is 0 Å². The molecule has 0 radical (unpaired) electrons. The Morgan fingerprint density at radius 3 is 2.30 bits per heavy atom. The molecule has 1 N–H and O–H groups in total. The largest absolute Gasteiger partial charge is 0.356 e. The molecule has 1 aliphatic heterocycles. The van der Waals surface area contributed by atoms with Gasteiger partial charge in [0.25, 0.3) is 0 Å².